The summed E-state index contributed by atoms with van der Waals surface area (Å²) in [5, 5.41) is 3.37. The van der Waals surface area contributed by atoms with Gasteiger partial charge in [0.25, 0.3) is 0 Å². The summed E-state index contributed by atoms with van der Waals surface area (Å²) in [5.74, 6) is 0.544. The van der Waals surface area contributed by atoms with E-state index in [2.05, 4.69) is 17.4 Å². The van der Waals surface area contributed by atoms with E-state index in [-0.39, 0.29) is 6.09 Å². The van der Waals surface area contributed by atoms with Crippen LogP contribution in [-0.4, -0.2) is 31.8 Å². The Bertz CT molecular complexity index is 474. The number of carbonyl (C=O) groups excluding carboxylic acids is 1. The van der Waals surface area contributed by atoms with E-state index in [1.165, 1.54) is 5.56 Å². The molecule has 1 aromatic rings. The van der Waals surface area contributed by atoms with Crippen molar-refractivity contribution in [2.45, 2.75) is 38.7 Å². The zero-order valence-corrected chi connectivity index (χ0v) is 12.8. The zero-order chi connectivity index (χ0) is 14.8. The Balaban J connectivity index is 2.11. The summed E-state index contributed by atoms with van der Waals surface area (Å²) in [6.07, 6.45) is 0.832. The molecule has 20 heavy (non-hydrogen) atoms. The number of benzene rings is 1. The van der Waals surface area contributed by atoms with E-state index in [1.54, 1.807) is 11.9 Å². The largest absolute Gasteiger partial charge is 0.443 e. The summed E-state index contributed by atoms with van der Waals surface area (Å²) in [4.78, 5) is 13.6. The molecular formula is C16H24N2O2. The lowest BCUT2D eigenvalue weighted by atomic mass is 9.98. The number of amides is 1. The lowest BCUT2D eigenvalue weighted by Crippen LogP contribution is -2.34. The third-order valence-electron chi connectivity index (χ3n) is 3.46. The van der Waals surface area contributed by atoms with Crippen molar-refractivity contribution in [2.75, 3.05) is 25.0 Å². The van der Waals surface area contributed by atoms with Gasteiger partial charge in [-0.3, -0.25) is 4.90 Å². The molecule has 1 atom stereocenters. The van der Waals surface area contributed by atoms with E-state index in [0.717, 1.165) is 25.2 Å². The van der Waals surface area contributed by atoms with Crippen molar-refractivity contribution in [3.63, 3.8) is 0 Å². The number of anilines is 1. The smallest absolute Gasteiger partial charge is 0.414 e. The van der Waals surface area contributed by atoms with Crippen molar-refractivity contribution in [2.24, 2.45) is 0 Å². The first-order valence-electron chi connectivity index (χ1n) is 7.14. The van der Waals surface area contributed by atoms with Gasteiger partial charge < -0.3 is 10.1 Å². The molecule has 0 spiro atoms. The molecule has 0 aromatic heterocycles. The quantitative estimate of drug-likeness (QED) is 0.902. The van der Waals surface area contributed by atoms with Gasteiger partial charge in [-0.1, -0.05) is 12.1 Å². The molecule has 1 N–H and O–H groups in total. The van der Waals surface area contributed by atoms with E-state index in [0.29, 0.717) is 5.92 Å². The molecule has 1 aliphatic rings. The van der Waals surface area contributed by atoms with Gasteiger partial charge in [0.1, 0.15) is 5.60 Å². The van der Waals surface area contributed by atoms with Gasteiger partial charge in [-0.05, 0) is 57.4 Å². The number of nitrogens with zero attached hydrogens (tertiary/aromatic N) is 1. The molecule has 4 nitrogen and oxygen atoms in total. The first kappa shape index (κ1) is 14.9. The predicted molar refractivity (Wildman–Crippen MR) is 81.3 cm³/mol. The van der Waals surface area contributed by atoms with Gasteiger partial charge in [-0.2, -0.15) is 0 Å². The Morgan fingerprint density at radius 1 is 1.40 bits per heavy atom. The summed E-state index contributed by atoms with van der Waals surface area (Å²) in [7, 11) is 1.75. The molecule has 1 aromatic carbocycles. The first-order valence-corrected chi connectivity index (χ1v) is 7.14. The summed E-state index contributed by atoms with van der Waals surface area (Å²) < 4.78 is 5.39. The molecule has 1 unspecified atom stereocenters. The standard InChI is InChI=1S/C16H24N2O2/c1-16(2,3)20-15(19)18(4)14-7-5-6-12(10-14)13-8-9-17-11-13/h5-7,10,13,17H,8-9,11H2,1-4H3. The Kier molecular flexibility index (Phi) is 4.33. The first-order chi connectivity index (χ1) is 9.37. The maximum atomic E-state index is 12.1. The Labute approximate surface area is 121 Å². The van der Waals surface area contributed by atoms with Gasteiger partial charge in [0.05, 0.1) is 0 Å². The van der Waals surface area contributed by atoms with Crippen LogP contribution in [0, 0.1) is 0 Å². The fourth-order valence-corrected chi connectivity index (χ4v) is 2.36. The van der Waals surface area contributed by atoms with E-state index >= 15 is 0 Å². The molecule has 110 valence electrons. The molecule has 1 fully saturated rings. The molecule has 0 saturated carbocycles. The van der Waals surface area contributed by atoms with E-state index in [1.807, 2.05) is 32.9 Å². The molecule has 1 heterocycles. The van der Waals surface area contributed by atoms with Crippen LogP contribution in [0.2, 0.25) is 0 Å². The molecule has 1 aliphatic heterocycles. The van der Waals surface area contributed by atoms with Gasteiger partial charge in [0.2, 0.25) is 0 Å². The Morgan fingerprint density at radius 3 is 2.75 bits per heavy atom. The van der Waals surface area contributed by atoms with Crippen LogP contribution in [0.5, 0.6) is 0 Å². The minimum atomic E-state index is -0.474. The maximum Gasteiger partial charge on any atom is 0.414 e. The minimum Gasteiger partial charge on any atom is -0.443 e. The second-order valence-electron chi connectivity index (χ2n) is 6.32. The number of rotatable bonds is 2. The molecule has 0 bridgehead atoms. The van der Waals surface area contributed by atoms with Crippen molar-refractivity contribution in [3.8, 4) is 0 Å². The van der Waals surface area contributed by atoms with Gasteiger partial charge in [0, 0.05) is 19.3 Å². The highest BCUT2D eigenvalue weighted by Crippen LogP contribution is 2.26. The number of hydrogen-bond donors (Lipinski definition) is 1. The number of ether oxygens (including phenoxy) is 1. The third kappa shape index (κ3) is 3.73. The average Bonchev–Trinajstić information content (AvgIpc) is 2.90. The van der Waals surface area contributed by atoms with Crippen LogP contribution in [0.1, 0.15) is 38.7 Å². The lowest BCUT2D eigenvalue weighted by molar-refractivity contribution is 0.0589. The molecule has 1 saturated heterocycles. The minimum absolute atomic E-state index is 0.320. The van der Waals surface area contributed by atoms with Crippen LogP contribution in [0.3, 0.4) is 0 Å². The van der Waals surface area contributed by atoms with E-state index in [9.17, 15) is 4.79 Å². The molecule has 2 rings (SSSR count). The second-order valence-corrected chi connectivity index (χ2v) is 6.32. The topological polar surface area (TPSA) is 41.6 Å². The van der Waals surface area contributed by atoms with Gasteiger partial charge in [-0.25, -0.2) is 4.79 Å². The monoisotopic (exact) mass is 276 g/mol. The molecule has 1 amide bonds. The SMILES string of the molecule is CN(C(=O)OC(C)(C)C)c1cccc(C2CCNC2)c1. The Hall–Kier alpha value is -1.55. The number of nitrogens with one attached hydrogen (secondary N) is 1. The van der Waals surface area contributed by atoms with Crippen molar-refractivity contribution in [1.82, 2.24) is 5.32 Å². The summed E-state index contributed by atoms with van der Waals surface area (Å²) in [6.45, 7) is 7.70. The lowest BCUT2D eigenvalue weighted by Gasteiger charge is -2.25. The maximum absolute atomic E-state index is 12.1. The van der Waals surface area contributed by atoms with Gasteiger partial charge >= 0.3 is 6.09 Å². The highest BCUT2D eigenvalue weighted by Gasteiger charge is 2.22. The third-order valence-corrected chi connectivity index (χ3v) is 3.46. The van der Waals surface area contributed by atoms with Crippen molar-refractivity contribution in [3.05, 3.63) is 29.8 Å². The van der Waals surface area contributed by atoms with Crippen molar-refractivity contribution in [1.29, 1.82) is 0 Å². The highest BCUT2D eigenvalue weighted by molar-refractivity contribution is 5.87. The van der Waals surface area contributed by atoms with Crippen LogP contribution >= 0.6 is 0 Å². The zero-order valence-electron chi connectivity index (χ0n) is 12.8. The number of carbonyl (C=O) groups is 1. The predicted octanol–water partition coefficient (Wildman–Crippen LogP) is 3.13. The van der Waals surface area contributed by atoms with Crippen LogP contribution in [0.4, 0.5) is 10.5 Å². The number of hydrogen-bond acceptors (Lipinski definition) is 3. The van der Waals surface area contributed by atoms with Crippen molar-refractivity contribution >= 4 is 11.8 Å². The van der Waals surface area contributed by atoms with E-state index < -0.39 is 5.60 Å². The van der Waals surface area contributed by atoms with Crippen LogP contribution in [-0.2, 0) is 4.74 Å². The van der Waals surface area contributed by atoms with Crippen LogP contribution in [0.15, 0.2) is 24.3 Å². The highest BCUT2D eigenvalue weighted by atomic mass is 16.6. The van der Waals surface area contributed by atoms with Crippen molar-refractivity contribution < 1.29 is 9.53 Å². The summed E-state index contributed by atoms with van der Waals surface area (Å²) >= 11 is 0. The van der Waals surface area contributed by atoms with Crippen LogP contribution < -0.4 is 10.2 Å². The molecular weight excluding hydrogens is 252 g/mol. The second kappa shape index (κ2) is 5.83. The molecule has 0 aliphatic carbocycles. The Morgan fingerprint density at radius 2 is 2.15 bits per heavy atom. The van der Waals surface area contributed by atoms with Crippen LogP contribution in [0.25, 0.3) is 0 Å². The fraction of sp³-hybridized carbons (Fsp3) is 0.562. The van der Waals surface area contributed by atoms with Gasteiger partial charge in [-0.15, -0.1) is 0 Å². The summed E-state index contributed by atoms with van der Waals surface area (Å²) in [5.41, 5.74) is 1.68. The normalized spacial score (nSPS) is 18.9. The van der Waals surface area contributed by atoms with E-state index in [4.69, 9.17) is 4.74 Å². The fourth-order valence-electron chi connectivity index (χ4n) is 2.36. The summed E-state index contributed by atoms with van der Waals surface area (Å²) in [6, 6.07) is 8.16. The molecule has 4 heteroatoms. The van der Waals surface area contributed by atoms with Gasteiger partial charge in [0.15, 0.2) is 0 Å². The molecule has 0 radical (unpaired) electrons. The average molecular weight is 276 g/mol.